The van der Waals surface area contributed by atoms with E-state index in [0.717, 1.165) is 55.8 Å². The number of pyridine rings is 1. The van der Waals surface area contributed by atoms with E-state index >= 15 is 0 Å². The van der Waals surface area contributed by atoms with Crippen LogP contribution in [0.5, 0.6) is 0 Å². The van der Waals surface area contributed by atoms with Crippen molar-refractivity contribution < 1.29 is 0 Å². The molecule has 2 aromatic heterocycles. The molecule has 0 fully saturated rings. The summed E-state index contributed by atoms with van der Waals surface area (Å²) in [4.78, 5) is 15.5. The van der Waals surface area contributed by atoms with Gasteiger partial charge in [-0.3, -0.25) is 9.88 Å². The largest absolute Gasteiger partial charge is 0.342 e. The number of nitrogens with one attached hydrogen (secondary N) is 1. The number of nitrogens with two attached hydrogens (primary N) is 1. The molecule has 0 amide bonds. The second-order valence-electron chi connectivity index (χ2n) is 7.08. The van der Waals surface area contributed by atoms with Crippen LogP contribution in [0.25, 0.3) is 11.0 Å². The first-order valence-corrected chi connectivity index (χ1v) is 9.66. The van der Waals surface area contributed by atoms with Crippen LogP contribution in [0.4, 0.5) is 0 Å². The second kappa shape index (κ2) is 7.98. The zero-order chi connectivity index (χ0) is 17.8. The van der Waals surface area contributed by atoms with E-state index in [9.17, 15) is 0 Å². The van der Waals surface area contributed by atoms with Crippen molar-refractivity contribution in [3.8, 4) is 0 Å². The first-order valence-electron chi connectivity index (χ1n) is 9.66. The third-order valence-electron chi connectivity index (χ3n) is 5.33. The molecule has 1 aliphatic rings. The van der Waals surface area contributed by atoms with Gasteiger partial charge in [-0.2, -0.15) is 0 Å². The standard InChI is InChI=1S/C21H27N5/c22-12-5-14-26(19-10-3-6-16-7-4-13-23-21(16)19)15-11-20-24-17-8-1-2-9-18(17)25-20/h1-2,4,7-9,13,19H,3,5-6,10-12,14-15,22H2,(H,24,25). The minimum atomic E-state index is 0.399. The monoisotopic (exact) mass is 349 g/mol. The molecule has 1 aromatic carbocycles. The van der Waals surface area contributed by atoms with Crippen LogP contribution in [-0.2, 0) is 12.8 Å². The van der Waals surface area contributed by atoms with E-state index < -0.39 is 0 Å². The van der Waals surface area contributed by atoms with Gasteiger partial charge in [0.2, 0.25) is 0 Å². The second-order valence-corrected chi connectivity index (χ2v) is 7.08. The van der Waals surface area contributed by atoms with Crippen molar-refractivity contribution >= 4 is 11.0 Å². The number of nitrogens with zero attached hydrogens (tertiary/aromatic N) is 3. The fraction of sp³-hybridized carbons (Fsp3) is 0.429. The van der Waals surface area contributed by atoms with E-state index in [1.807, 2.05) is 18.3 Å². The molecule has 3 aromatic rings. The zero-order valence-corrected chi connectivity index (χ0v) is 15.2. The molecule has 136 valence electrons. The molecule has 0 saturated carbocycles. The number of aromatic nitrogens is 3. The minimum absolute atomic E-state index is 0.399. The third-order valence-corrected chi connectivity index (χ3v) is 5.33. The Morgan fingerprint density at radius 1 is 1.15 bits per heavy atom. The van der Waals surface area contributed by atoms with Crippen LogP contribution in [0.3, 0.4) is 0 Å². The molecule has 2 heterocycles. The molecule has 0 saturated heterocycles. The van der Waals surface area contributed by atoms with E-state index in [1.165, 1.54) is 24.1 Å². The van der Waals surface area contributed by atoms with E-state index in [4.69, 9.17) is 15.7 Å². The minimum Gasteiger partial charge on any atom is -0.342 e. The molecule has 4 rings (SSSR count). The van der Waals surface area contributed by atoms with Gasteiger partial charge in [0, 0.05) is 25.7 Å². The molecule has 5 nitrogen and oxygen atoms in total. The van der Waals surface area contributed by atoms with Gasteiger partial charge in [0.15, 0.2) is 0 Å². The summed E-state index contributed by atoms with van der Waals surface area (Å²) in [6.45, 7) is 2.71. The molecule has 1 unspecified atom stereocenters. The van der Waals surface area contributed by atoms with Gasteiger partial charge in [-0.15, -0.1) is 0 Å². The molecule has 5 heteroatoms. The third kappa shape index (κ3) is 3.64. The van der Waals surface area contributed by atoms with Gasteiger partial charge in [0.1, 0.15) is 5.82 Å². The van der Waals surface area contributed by atoms with Crippen molar-refractivity contribution in [1.29, 1.82) is 0 Å². The molecule has 0 radical (unpaired) electrons. The average molecular weight is 349 g/mol. The summed E-state index contributed by atoms with van der Waals surface area (Å²) in [7, 11) is 0. The maximum atomic E-state index is 5.80. The first-order chi connectivity index (χ1) is 12.8. The van der Waals surface area contributed by atoms with Crippen LogP contribution in [-0.4, -0.2) is 39.5 Å². The lowest BCUT2D eigenvalue weighted by molar-refractivity contribution is 0.174. The van der Waals surface area contributed by atoms with Crippen LogP contribution in [0.2, 0.25) is 0 Å². The Morgan fingerprint density at radius 3 is 2.96 bits per heavy atom. The molecule has 1 aliphatic carbocycles. The zero-order valence-electron chi connectivity index (χ0n) is 15.2. The fourth-order valence-electron chi connectivity index (χ4n) is 4.03. The summed E-state index contributed by atoms with van der Waals surface area (Å²) < 4.78 is 0. The van der Waals surface area contributed by atoms with Gasteiger partial charge in [-0.25, -0.2) is 4.98 Å². The normalized spacial score (nSPS) is 16.9. The number of benzene rings is 1. The maximum Gasteiger partial charge on any atom is 0.108 e. The summed E-state index contributed by atoms with van der Waals surface area (Å²) >= 11 is 0. The number of hydrogen-bond acceptors (Lipinski definition) is 4. The molecule has 26 heavy (non-hydrogen) atoms. The number of imidazole rings is 1. The number of fused-ring (bicyclic) bond motifs is 2. The Bertz CT molecular complexity index is 823. The molecule has 0 bridgehead atoms. The summed E-state index contributed by atoms with van der Waals surface area (Å²) in [5.41, 5.74) is 10.6. The highest BCUT2D eigenvalue weighted by Gasteiger charge is 2.26. The summed E-state index contributed by atoms with van der Waals surface area (Å²) in [6.07, 6.45) is 7.41. The van der Waals surface area contributed by atoms with Crippen molar-refractivity contribution in [2.75, 3.05) is 19.6 Å². The number of rotatable bonds is 7. The van der Waals surface area contributed by atoms with Gasteiger partial charge in [-0.05, 0) is 56.0 Å². The van der Waals surface area contributed by atoms with Crippen molar-refractivity contribution in [3.05, 3.63) is 59.7 Å². The van der Waals surface area contributed by atoms with Crippen molar-refractivity contribution in [2.24, 2.45) is 5.73 Å². The molecule has 1 atom stereocenters. The van der Waals surface area contributed by atoms with Crippen LogP contribution in [0.15, 0.2) is 42.6 Å². The first kappa shape index (κ1) is 17.2. The Morgan fingerprint density at radius 2 is 2.08 bits per heavy atom. The molecule has 3 N–H and O–H groups in total. The Kier molecular flexibility index (Phi) is 5.27. The number of hydrogen-bond donors (Lipinski definition) is 2. The van der Waals surface area contributed by atoms with Gasteiger partial charge in [-0.1, -0.05) is 18.2 Å². The molecular formula is C21H27N5. The van der Waals surface area contributed by atoms with Crippen LogP contribution < -0.4 is 5.73 Å². The van der Waals surface area contributed by atoms with Crippen molar-refractivity contribution in [1.82, 2.24) is 19.9 Å². The lowest BCUT2D eigenvalue weighted by atomic mass is 9.90. The quantitative estimate of drug-likeness (QED) is 0.687. The van der Waals surface area contributed by atoms with Crippen LogP contribution >= 0.6 is 0 Å². The highest BCUT2D eigenvalue weighted by Crippen LogP contribution is 2.32. The molecule has 0 aliphatic heterocycles. The predicted octanol–water partition coefficient (Wildman–Crippen LogP) is 3.23. The highest BCUT2D eigenvalue weighted by molar-refractivity contribution is 5.74. The summed E-state index contributed by atoms with van der Waals surface area (Å²) in [6, 6.07) is 12.9. The average Bonchev–Trinajstić information content (AvgIpc) is 3.11. The lowest BCUT2D eigenvalue weighted by Crippen LogP contribution is -2.35. The van der Waals surface area contributed by atoms with Gasteiger partial charge in [0.25, 0.3) is 0 Å². The van der Waals surface area contributed by atoms with E-state index in [-0.39, 0.29) is 0 Å². The summed E-state index contributed by atoms with van der Waals surface area (Å²) in [5, 5.41) is 0. The van der Waals surface area contributed by atoms with E-state index in [2.05, 4.69) is 34.1 Å². The highest BCUT2D eigenvalue weighted by atomic mass is 15.2. The fourth-order valence-corrected chi connectivity index (χ4v) is 4.03. The molecule has 0 spiro atoms. The Hall–Kier alpha value is -2.24. The van der Waals surface area contributed by atoms with E-state index in [1.54, 1.807) is 0 Å². The topological polar surface area (TPSA) is 70.8 Å². The number of para-hydroxylation sites is 2. The Labute approximate surface area is 154 Å². The Balaban J connectivity index is 1.52. The van der Waals surface area contributed by atoms with Gasteiger partial charge >= 0.3 is 0 Å². The lowest BCUT2D eigenvalue weighted by Gasteiger charge is -2.35. The SMILES string of the molecule is NCCCN(CCc1nc2ccccc2[nH]1)C1CCCc2cccnc21. The summed E-state index contributed by atoms with van der Waals surface area (Å²) in [5.74, 6) is 1.06. The van der Waals surface area contributed by atoms with Gasteiger partial charge in [0.05, 0.1) is 22.8 Å². The molecular weight excluding hydrogens is 322 g/mol. The number of aryl methyl sites for hydroxylation is 1. The van der Waals surface area contributed by atoms with Crippen molar-refractivity contribution in [2.45, 2.75) is 38.1 Å². The van der Waals surface area contributed by atoms with Crippen LogP contribution in [0.1, 0.15) is 42.4 Å². The van der Waals surface area contributed by atoms with E-state index in [0.29, 0.717) is 6.04 Å². The van der Waals surface area contributed by atoms with Crippen LogP contribution in [0, 0.1) is 0 Å². The van der Waals surface area contributed by atoms with Crippen molar-refractivity contribution in [3.63, 3.8) is 0 Å². The maximum absolute atomic E-state index is 5.80. The number of H-pyrrole nitrogens is 1. The predicted molar refractivity (Wildman–Crippen MR) is 105 cm³/mol. The number of aromatic amines is 1. The smallest absolute Gasteiger partial charge is 0.108 e. The van der Waals surface area contributed by atoms with Gasteiger partial charge < -0.3 is 10.7 Å².